The first-order valence-corrected chi connectivity index (χ1v) is 4.08. The van der Waals surface area contributed by atoms with E-state index in [-0.39, 0.29) is 5.41 Å². The fourth-order valence-corrected chi connectivity index (χ4v) is 0.794. The molecule has 64 valence electrons. The van der Waals surface area contributed by atoms with Crippen LogP contribution in [0.25, 0.3) is 0 Å². The first-order chi connectivity index (χ1) is 5.02. The third-order valence-corrected chi connectivity index (χ3v) is 1.55. The maximum atomic E-state index is 3.77. The average molecular weight is 153 g/mol. The van der Waals surface area contributed by atoms with Crippen molar-refractivity contribution in [3.05, 3.63) is 24.4 Å². The smallest absolute Gasteiger partial charge is 0.0113 e. The molecule has 11 heavy (non-hydrogen) atoms. The summed E-state index contributed by atoms with van der Waals surface area (Å²) in [6.45, 7) is 13.4. The summed E-state index contributed by atoms with van der Waals surface area (Å²) in [7, 11) is 0. The van der Waals surface area contributed by atoms with Crippen LogP contribution >= 0.6 is 0 Å². The molecule has 0 bridgehead atoms. The van der Waals surface area contributed by atoms with Gasteiger partial charge >= 0.3 is 0 Å². The van der Waals surface area contributed by atoms with E-state index in [2.05, 4.69) is 39.6 Å². The molecule has 0 saturated heterocycles. The molecule has 1 N–H and O–H groups in total. The predicted octanol–water partition coefficient (Wildman–Crippen LogP) is 2.71. The minimum atomic E-state index is 0.198. The van der Waals surface area contributed by atoms with Crippen LogP contribution < -0.4 is 5.32 Å². The second-order valence-corrected chi connectivity index (χ2v) is 3.61. The zero-order chi connectivity index (χ0) is 8.91. The van der Waals surface area contributed by atoms with E-state index in [1.54, 1.807) is 0 Å². The third kappa shape index (κ3) is 3.87. The molecule has 0 fully saturated rings. The number of nitrogens with one attached hydrogen (secondary N) is 1. The standard InChI is InChI=1S/C10H19N/c1-6-9(8-11-7-2)10(3,4)5/h6,8,11H,1,7H2,2-5H3/b9-8+. The molecule has 0 amide bonds. The predicted molar refractivity (Wildman–Crippen MR) is 51.4 cm³/mol. The van der Waals surface area contributed by atoms with E-state index in [0.29, 0.717) is 0 Å². The monoisotopic (exact) mass is 153 g/mol. The van der Waals surface area contributed by atoms with Crippen molar-refractivity contribution in [1.29, 1.82) is 0 Å². The Balaban J connectivity index is 4.27. The summed E-state index contributed by atoms with van der Waals surface area (Å²) in [4.78, 5) is 0. The fraction of sp³-hybridized carbons (Fsp3) is 0.600. The lowest BCUT2D eigenvalue weighted by molar-refractivity contribution is 0.513. The Morgan fingerprint density at radius 1 is 1.45 bits per heavy atom. The molecule has 0 aliphatic carbocycles. The first-order valence-electron chi connectivity index (χ1n) is 4.08. The van der Waals surface area contributed by atoms with Crippen LogP contribution in [0.1, 0.15) is 27.7 Å². The third-order valence-electron chi connectivity index (χ3n) is 1.55. The molecule has 0 atom stereocenters. The van der Waals surface area contributed by atoms with E-state index in [1.807, 2.05) is 12.3 Å². The van der Waals surface area contributed by atoms with Crippen LogP contribution in [0.4, 0.5) is 0 Å². The Labute approximate surface area is 70.2 Å². The highest BCUT2D eigenvalue weighted by molar-refractivity contribution is 5.21. The van der Waals surface area contributed by atoms with Gasteiger partial charge in [-0.25, -0.2) is 0 Å². The lowest BCUT2D eigenvalue weighted by Gasteiger charge is -2.19. The van der Waals surface area contributed by atoms with Crippen LogP contribution in [0.3, 0.4) is 0 Å². The quantitative estimate of drug-likeness (QED) is 0.615. The van der Waals surface area contributed by atoms with Gasteiger partial charge in [-0.2, -0.15) is 0 Å². The van der Waals surface area contributed by atoms with Crippen LogP contribution in [-0.4, -0.2) is 6.54 Å². The maximum absolute atomic E-state index is 3.77. The van der Waals surface area contributed by atoms with Gasteiger partial charge in [0.25, 0.3) is 0 Å². The van der Waals surface area contributed by atoms with E-state index in [9.17, 15) is 0 Å². The lowest BCUT2D eigenvalue weighted by Crippen LogP contribution is -2.12. The van der Waals surface area contributed by atoms with Crippen molar-refractivity contribution in [3.63, 3.8) is 0 Å². The van der Waals surface area contributed by atoms with Crippen molar-refractivity contribution in [2.24, 2.45) is 5.41 Å². The summed E-state index contributed by atoms with van der Waals surface area (Å²) in [6.07, 6.45) is 3.94. The van der Waals surface area contributed by atoms with Crippen molar-refractivity contribution < 1.29 is 0 Å². The molecule has 1 nitrogen and oxygen atoms in total. The Bertz CT molecular complexity index is 149. The van der Waals surface area contributed by atoms with E-state index >= 15 is 0 Å². The molecule has 0 heterocycles. The van der Waals surface area contributed by atoms with E-state index in [1.165, 1.54) is 5.57 Å². The fourth-order valence-electron chi connectivity index (χ4n) is 0.794. The highest BCUT2D eigenvalue weighted by atomic mass is 14.8. The first kappa shape index (κ1) is 10.3. The van der Waals surface area contributed by atoms with Crippen molar-refractivity contribution in [3.8, 4) is 0 Å². The van der Waals surface area contributed by atoms with Crippen LogP contribution in [-0.2, 0) is 0 Å². The minimum Gasteiger partial charge on any atom is -0.391 e. The van der Waals surface area contributed by atoms with Gasteiger partial charge in [0.2, 0.25) is 0 Å². The molecule has 0 rings (SSSR count). The molecule has 0 aliphatic heterocycles. The zero-order valence-electron chi connectivity index (χ0n) is 8.07. The molecule has 0 unspecified atom stereocenters. The van der Waals surface area contributed by atoms with Crippen molar-refractivity contribution in [1.82, 2.24) is 5.32 Å². The van der Waals surface area contributed by atoms with Crippen LogP contribution in [0, 0.1) is 5.41 Å². The van der Waals surface area contributed by atoms with Crippen LogP contribution in [0.2, 0.25) is 0 Å². The van der Waals surface area contributed by atoms with Gasteiger partial charge in [-0.15, -0.1) is 0 Å². The topological polar surface area (TPSA) is 12.0 Å². The normalized spacial score (nSPS) is 12.9. The van der Waals surface area contributed by atoms with Gasteiger partial charge in [0.1, 0.15) is 0 Å². The van der Waals surface area contributed by atoms with E-state index in [4.69, 9.17) is 0 Å². The molecule has 0 aliphatic rings. The maximum Gasteiger partial charge on any atom is 0.0113 e. The van der Waals surface area contributed by atoms with Gasteiger partial charge in [0, 0.05) is 12.7 Å². The largest absolute Gasteiger partial charge is 0.391 e. The van der Waals surface area contributed by atoms with Gasteiger partial charge in [0.05, 0.1) is 0 Å². The second-order valence-electron chi connectivity index (χ2n) is 3.61. The van der Waals surface area contributed by atoms with Crippen molar-refractivity contribution in [2.75, 3.05) is 6.54 Å². The lowest BCUT2D eigenvalue weighted by atomic mass is 9.87. The summed E-state index contributed by atoms with van der Waals surface area (Å²) >= 11 is 0. The van der Waals surface area contributed by atoms with Crippen molar-refractivity contribution >= 4 is 0 Å². The summed E-state index contributed by atoms with van der Waals surface area (Å²) in [5.41, 5.74) is 1.45. The minimum absolute atomic E-state index is 0.198. The zero-order valence-corrected chi connectivity index (χ0v) is 8.07. The molecule has 0 saturated carbocycles. The second kappa shape index (κ2) is 4.22. The molecular weight excluding hydrogens is 134 g/mol. The summed E-state index contributed by atoms with van der Waals surface area (Å²) in [5, 5.41) is 3.17. The highest BCUT2D eigenvalue weighted by Crippen LogP contribution is 2.24. The Kier molecular flexibility index (Phi) is 3.94. The number of hydrogen-bond donors (Lipinski definition) is 1. The number of allylic oxidation sites excluding steroid dienone is 2. The van der Waals surface area contributed by atoms with Crippen molar-refractivity contribution in [2.45, 2.75) is 27.7 Å². The van der Waals surface area contributed by atoms with E-state index in [0.717, 1.165) is 6.54 Å². The average Bonchev–Trinajstić information content (AvgIpc) is 1.87. The SMILES string of the molecule is C=C/C(=C\NCC)C(C)(C)C. The Morgan fingerprint density at radius 2 is 2.00 bits per heavy atom. The van der Waals surface area contributed by atoms with Gasteiger partial charge in [-0.1, -0.05) is 33.4 Å². The van der Waals surface area contributed by atoms with Crippen LogP contribution in [0.5, 0.6) is 0 Å². The molecular formula is C10H19N. The summed E-state index contributed by atoms with van der Waals surface area (Å²) in [6, 6.07) is 0. The van der Waals surface area contributed by atoms with E-state index < -0.39 is 0 Å². The van der Waals surface area contributed by atoms with Gasteiger partial charge in [-0.3, -0.25) is 0 Å². The summed E-state index contributed by atoms with van der Waals surface area (Å²) < 4.78 is 0. The summed E-state index contributed by atoms with van der Waals surface area (Å²) in [5.74, 6) is 0. The van der Waals surface area contributed by atoms with Gasteiger partial charge in [0.15, 0.2) is 0 Å². The molecule has 0 radical (unpaired) electrons. The molecule has 1 heteroatoms. The molecule has 0 aromatic rings. The van der Waals surface area contributed by atoms with Crippen LogP contribution in [0.15, 0.2) is 24.4 Å². The van der Waals surface area contributed by atoms with Gasteiger partial charge < -0.3 is 5.32 Å². The highest BCUT2D eigenvalue weighted by Gasteiger charge is 2.13. The Hall–Kier alpha value is -0.720. The molecule has 0 spiro atoms. The molecule has 0 aromatic carbocycles. The van der Waals surface area contributed by atoms with Gasteiger partial charge in [-0.05, 0) is 17.9 Å². The molecule has 0 aromatic heterocycles. The Morgan fingerprint density at radius 3 is 2.27 bits per heavy atom. The number of rotatable bonds is 3. The number of hydrogen-bond acceptors (Lipinski definition) is 1.